The van der Waals surface area contributed by atoms with E-state index in [1.54, 1.807) is 0 Å². The van der Waals surface area contributed by atoms with Gasteiger partial charge < -0.3 is 9.47 Å². The van der Waals surface area contributed by atoms with Crippen molar-refractivity contribution >= 4 is 16.8 Å². The molecular weight excluding hydrogens is 435 g/mol. The normalized spacial score (nSPS) is 15.5. The Morgan fingerprint density at radius 3 is 2.37 bits per heavy atom. The number of aryl methyl sites for hydroxylation is 1. The van der Waals surface area contributed by atoms with Crippen LogP contribution in [-0.4, -0.2) is 28.5 Å². The van der Waals surface area contributed by atoms with Gasteiger partial charge in [-0.3, -0.25) is 4.79 Å². The number of fused-ring (bicyclic) bond motifs is 1. The second-order valence-electron chi connectivity index (χ2n) is 10.1. The van der Waals surface area contributed by atoms with E-state index in [2.05, 4.69) is 73.1 Å². The minimum absolute atomic E-state index is 0.133. The Morgan fingerprint density at radius 2 is 1.66 bits per heavy atom. The summed E-state index contributed by atoms with van der Waals surface area (Å²) in [6.45, 7) is 6.76. The molecule has 1 aliphatic heterocycles. The number of amides is 1. The maximum Gasteiger partial charge on any atom is 0.223 e. The van der Waals surface area contributed by atoms with Gasteiger partial charge in [0.2, 0.25) is 5.91 Å². The molecule has 180 valence electrons. The van der Waals surface area contributed by atoms with Crippen molar-refractivity contribution in [1.82, 2.24) is 9.47 Å². The number of likely N-dealkylation sites (tertiary alicyclic amines) is 1. The number of benzene rings is 3. The molecule has 4 aromatic rings. The van der Waals surface area contributed by atoms with E-state index < -0.39 is 0 Å². The second-order valence-corrected chi connectivity index (χ2v) is 10.1. The first-order chi connectivity index (χ1) is 17.0. The predicted molar refractivity (Wildman–Crippen MR) is 140 cm³/mol. The number of carbonyl (C=O) groups is 1. The van der Waals surface area contributed by atoms with Crippen molar-refractivity contribution in [3.63, 3.8) is 0 Å². The summed E-state index contributed by atoms with van der Waals surface area (Å²) in [5.41, 5.74) is 5.73. The Balaban J connectivity index is 1.53. The average molecular weight is 469 g/mol. The summed E-state index contributed by atoms with van der Waals surface area (Å²) in [7, 11) is 0. The van der Waals surface area contributed by atoms with Gasteiger partial charge in [0.1, 0.15) is 5.82 Å². The molecule has 0 spiro atoms. The van der Waals surface area contributed by atoms with E-state index in [4.69, 9.17) is 0 Å². The minimum atomic E-state index is -0.259. The number of hydrogen-bond donors (Lipinski definition) is 0. The van der Waals surface area contributed by atoms with Gasteiger partial charge in [0, 0.05) is 49.1 Å². The fourth-order valence-electron chi connectivity index (χ4n) is 5.24. The van der Waals surface area contributed by atoms with Gasteiger partial charge >= 0.3 is 0 Å². The molecule has 2 heterocycles. The highest BCUT2D eigenvalue weighted by molar-refractivity contribution is 5.87. The first-order valence-corrected chi connectivity index (χ1v) is 12.6. The van der Waals surface area contributed by atoms with Gasteiger partial charge in [-0.05, 0) is 60.6 Å². The average Bonchev–Trinajstić information content (AvgIpc) is 3.23. The van der Waals surface area contributed by atoms with Crippen molar-refractivity contribution in [1.29, 1.82) is 0 Å². The van der Waals surface area contributed by atoms with Gasteiger partial charge in [-0.2, -0.15) is 0 Å². The molecule has 0 unspecified atom stereocenters. The maximum absolute atomic E-state index is 13.8. The first-order valence-electron chi connectivity index (χ1n) is 12.6. The lowest BCUT2D eigenvalue weighted by Crippen LogP contribution is -2.38. The molecule has 1 aromatic heterocycles. The highest BCUT2D eigenvalue weighted by Crippen LogP contribution is 2.36. The predicted octanol–water partition coefficient (Wildman–Crippen LogP) is 6.92. The number of piperidine rings is 1. The molecule has 3 nitrogen and oxygen atoms in total. The quantitative estimate of drug-likeness (QED) is 0.302. The highest BCUT2D eigenvalue weighted by atomic mass is 19.1. The molecule has 0 bridgehead atoms. The zero-order chi connectivity index (χ0) is 24.4. The summed E-state index contributed by atoms with van der Waals surface area (Å²) in [5, 5.41) is 1.15. The van der Waals surface area contributed by atoms with Gasteiger partial charge in [-0.25, -0.2) is 4.39 Å². The van der Waals surface area contributed by atoms with Crippen molar-refractivity contribution in [2.75, 3.05) is 13.1 Å². The summed E-state index contributed by atoms with van der Waals surface area (Å²) in [5.74, 6) is 0.463. The van der Waals surface area contributed by atoms with E-state index in [0.29, 0.717) is 12.3 Å². The number of rotatable bonds is 6. The fourth-order valence-corrected chi connectivity index (χ4v) is 5.24. The smallest absolute Gasteiger partial charge is 0.223 e. The van der Waals surface area contributed by atoms with E-state index in [9.17, 15) is 9.18 Å². The summed E-state index contributed by atoms with van der Waals surface area (Å²) in [6, 6.07) is 23.7. The third kappa shape index (κ3) is 5.17. The summed E-state index contributed by atoms with van der Waals surface area (Å²) >= 11 is 0. The Hall–Kier alpha value is -3.40. The van der Waals surface area contributed by atoms with Gasteiger partial charge in [0.25, 0.3) is 0 Å². The van der Waals surface area contributed by atoms with Crippen LogP contribution in [0.1, 0.15) is 54.4 Å². The Labute approximate surface area is 207 Å². The largest absolute Gasteiger partial charge is 0.343 e. The molecule has 0 saturated carbocycles. The van der Waals surface area contributed by atoms with Crippen molar-refractivity contribution in [3.8, 4) is 0 Å². The van der Waals surface area contributed by atoms with E-state index in [-0.39, 0.29) is 17.6 Å². The van der Waals surface area contributed by atoms with Crippen LogP contribution >= 0.6 is 0 Å². The van der Waals surface area contributed by atoms with Crippen molar-refractivity contribution in [2.45, 2.75) is 45.6 Å². The molecule has 0 radical (unpaired) electrons. The number of hydrogen-bond acceptors (Lipinski definition) is 1. The zero-order valence-corrected chi connectivity index (χ0v) is 20.6. The molecule has 3 aromatic carbocycles. The van der Waals surface area contributed by atoms with Crippen LogP contribution in [0.25, 0.3) is 10.9 Å². The zero-order valence-electron chi connectivity index (χ0n) is 20.6. The van der Waals surface area contributed by atoms with Gasteiger partial charge in [-0.1, -0.05) is 67.1 Å². The lowest BCUT2D eigenvalue weighted by molar-refractivity contribution is -0.132. The SMILES string of the molecule is Cc1ccc(Cn2cc([C@@H](CC(=O)N3CCC(C)CC3)c3ccc(F)cc3)c3ccccc32)cc1. The number of carbonyl (C=O) groups excluding carboxylic acids is 1. The van der Waals surface area contributed by atoms with Crippen LogP contribution in [0.2, 0.25) is 0 Å². The summed E-state index contributed by atoms with van der Waals surface area (Å²) in [6.07, 6.45) is 4.70. The number of halogens is 1. The molecular formula is C31H33FN2O. The summed E-state index contributed by atoms with van der Waals surface area (Å²) in [4.78, 5) is 15.5. The van der Waals surface area contributed by atoms with Crippen LogP contribution in [-0.2, 0) is 11.3 Å². The third-order valence-corrected chi connectivity index (χ3v) is 7.46. The van der Waals surface area contributed by atoms with Gasteiger partial charge in [-0.15, -0.1) is 0 Å². The minimum Gasteiger partial charge on any atom is -0.343 e. The number of aromatic nitrogens is 1. The topological polar surface area (TPSA) is 25.2 Å². The lowest BCUT2D eigenvalue weighted by atomic mass is 9.87. The van der Waals surface area contributed by atoms with Crippen LogP contribution in [0.5, 0.6) is 0 Å². The van der Waals surface area contributed by atoms with Crippen molar-refractivity contribution in [2.24, 2.45) is 5.92 Å². The van der Waals surface area contributed by atoms with Crippen LogP contribution in [0, 0.1) is 18.7 Å². The molecule has 1 aliphatic rings. The van der Waals surface area contributed by atoms with Crippen LogP contribution in [0.3, 0.4) is 0 Å². The van der Waals surface area contributed by atoms with Crippen molar-refractivity contribution < 1.29 is 9.18 Å². The van der Waals surface area contributed by atoms with Crippen LogP contribution < -0.4 is 0 Å². The maximum atomic E-state index is 13.8. The summed E-state index contributed by atoms with van der Waals surface area (Å²) < 4.78 is 16.1. The van der Waals surface area contributed by atoms with E-state index >= 15 is 0 Å². The van der Waals surface area contributed by atoms with E-state index in [1.165, 1.54) is 23.3 Å². The molecule has 1 amide bonds. The van der Waals surface area contributed by atoms with Crippen LogP contribution in [0.15, 0.2) is 79.0 Å². The molecule has 35 heavy (non-hydrogen) atoms. The molecule has 1 fully saturated rings. The lowest BCUT2D eigenvalue weighted by Gasteiger charge is -2.31. The molecule has 4 heteroatoms. The molecule has 5 rings (SSSR count). The van der Waals surface area contributed by atoms with Gasteiger partial charge in [0.05, 0.1) is 0 Å². The van der Waals surface area contributed by atoms with E-state index in [1.807, 2.05) is 17.0 Å². The highest BCUT2D eigenvalue weighted by Gasteiger charge is 2.27. The number of para-hydroxylation sites is 1. The number of nitrogens with zero attached hydrogens (tertiary/aromatic N) is 2. The Bertz CT molecular complexity index is 1300. The molecule has 0 aliphatic carbocycles. The van der Waals surface area contributed by atoms with Crippen molar-refractivity contribution in [3.05, 3.63) is 107 Å². The second kappa shape index (κ2) is 10.1. The van der Waals surface area contributed by atoms with Crippen LogP contribution in [0.4, 0.5) is 4.39 Å². The Kier molecular flexibility index (Phi) is 6.72. The standard InChI is InChI=1S/C31H33FN2O/c1-22-7-9-24(10-8-22)20-34-21-29(27-5-3-4-6-30(27)34)28(25-11-13-26(32)14-12-25)19-31(35)33-17-15-23(2)16-18-33/h3-14,21,23,28H,15-20H2,1-2H3/t28-/m0/s1. The molecule has 0 N–H and O–H groups in total. The molecule has 1 saturated heterocycles. The Morgan fingerprint density at radius 1 is 0.971 bits per heavy atom. The molecule has 1 atom stereocenters. The van der Waals surface area contributed by atoms with Gasteiger partial charge in [0.15, 0.2) is 0 Å². The van der Waals surface area contributed by atoms with E-state index in [0.717, 1.165) is 54.5 Å². The monoisotopic (exact) mass is 468 g/mol. The third-order valence-electron chi connectivity index (χ3n) is 7.46. The first kappa shape index (κ1) is 23.3. The fraction of sp³-hybridized carbons (Fsp3) is 0.323.